The number of rotatable bonds is 6. The highest BCUT2D eigenvalue weighted by atomic mass is 32.2. The number of sulfonamides is 1. The van der Waals surface area contributed by atoms with Crippen LogP contribution >= 0.6 is 0 Å². The van der Waals surface area contributed by atoms with Crippen molar-refractivity contribution in [3.63, 3.8) is 0 Å². The third-order valence-electron chi connectivity index (χ3n) is 3.89. The van der Waals surface area contributed by atoms with Gasteiger partial charge < -0.3 is 5.32 Å². The molecule has 0 spiro atoms. The maximum atomic E-state index is 14.0. The van der Waals surface area contributed by atoms with E-state index in [1.807, 2.05) is 6.92 Å². The number of carbonyl (C=O) groups excluding carboxylic acids is 1. The molecule has 0 saturated carbocycles. The number of anilines is 1. The van der Waals surface area contributed by atoms with Gasteiger partial charge in [0.2, 0.25) is 10.0 Å². The van der Waals surface area contributed by atoms with E-state index in [9.17, 15) is 22.0 Å². The maximum Gasteiger partial charge on any atom is 0.258 e. The lowest BCUT2D eigenvalue weighted by Crippen LogP contribution is -2.32. The molecule has 0 aromatic heterocycles. The number of nitrogens with one attached hydrogen (secondary N) is 2. The minimum atomic E-state index is -3.89. The summed E-state index contributed by atoms with van der Waals surface area (Å²) < 4.78 is 54.7. The fourth-order valence-electron chi connectivity index (χ4n) is 2.13. The summed E-state index contributed by atoms with van der Waals surface area (Å²) in [5.41, 5.74) is 0.0971. The first-order valence-electron chi connectivity index (χ1n) is 8.03. The molecule has 1 atom stereocenters. The lowest BCUT2D eigenvalue weighted by Gasteiger charge is -2.13. The van der Waals surface area contributed by atoms with Crippen molar-refractivity contribution in [3.8, 4) is 0 Å². The summed E-state index contributed by atoms with van der Waals surface area (Å²) in [5.74, 6) is -2.26. The van der Waals surface area contributed by atoms with Crippen molar-refractivity contribution >= 4 is 21.6 Å². The van der Waals surface area contributed by atoms with Crippen LogP contribution < -0.4 is 10.0 Å². The van der Waals surface area contributed by atoms with Gasteiger partial charge in [-0.25, -0.2) is 21.9 Å². The van der Waals surface area contributed by atoms with E-state index < -0.39 is 33.1 Å². The molecule has 0 radical (unpaired) electrons. The number of hydrogen-bond donors (Lipinski definition) is 2. The predicted octanol–water partition coefficient (Wildman–Crippen LogP) is 3.60. The van der Waals surface area contributed by atoms with Gasteiger partial charge in [0.25, 0.3) is 5.91 Å². The van der Waals surface area contributed by atoms with E-state index in [1.165, 1.54) is 12.1 Å². The Kier molecular flexibility index (Phi) is 6.09. The zero-order chi connectivity index (χ0) is 19.5. The summed E-state index contributed by atoms with van der Waals surface area (Å²) in [6.45, 7) is 5.08. The zero-order valence-corrected chi connectivity index (χ0v) is 15.5. The van der Waals surface area contributed by atoms with E-state index in [2.05, 4.69) is 10.0 Å². The van der Waals surface area contributed by atoms with Gasteiger partial charge in [-0.15, -0.1) is 0 Å². The Labute approximate surface area is 151 Å². The van der Waals surface area contributed by atoms with Gasteiger partial charge in [0, 0.05) is 11.7 Å². The highest BCUT2D eigenvalue weighted by Crippen LogP contribution is 2.19. The molecule has 2 rings (SSSR count). The summed E-state index contributed by atoms with van der Waals surface area (Å²) in [6, 6.07) is 6.70. The molecule has 140 valence electrons. The maximum absolute atomic E-state index is 14.0. The van der Waals surface area contributed by atoms with Crippen molar-refractivity contribution in [3.05, 3.63) is 59.2 Å². The van der Waals surface area contributed by atoms with Crippen LogP contribution in [-0.2, 0) is 10.0 Å². The molecule has 0 saturated heterocycles. The topological polar surface area (TPSA) is 75.3 Å². The first kappa shape index (κ1) is 20.0. The van der Waals surface area contributed by atoms with Crippen LogP contribution in [0.5, 0.6) is 0 Å². The van der Waals surface area contributed by atoms with Crippen molar-refractivity contribution in [1.82, 2.24) is 4.72 Å². The number of carbonyl (C=O) groups is 1. The number of halogens is 2. The van der Waals surface area contributed by atoms with Crippen LogP contribution in [0.1, 0.15) is 36.2 Å². The highest BCUT2D eigenvalue weighted by Gasteiger charge is 2.21. The van der Waals surface area contributed by atoms with Gasteiger partial charge in [0.15, 0.2) is 0 Å². The van der Waals surface area contributed by atoms with Gasteiger partial charge >= 0.3 is 0 Å². The molecule has 2 aromatic carbocycles. The van der Waals surface area contributed by atoms with E-state index in [-0.39, 0.29) is 16.6 Å². The third-order valence-corrected chi connectivity index (χ3v) is 5.48. The number of amides is 1. The lowest BCUT2D eigenvalue weighted by atomic mass is 10.1. The average molecular weight is 382 g/mol. The molecule has 2 aromatic rings. The smallest absolute Gasteiger partial charge is 0.258 e. The normalized spacial score (nSPS) is 12.7. The van der Waals surface area contributed by atoms with E-state index in [0.29, 0.717) is 12.0 Å². The van der Waals surface area contributed by atoms with Crippen LogP contribution in [0.3, 0.4) is 0 Å². The fraction of sp³-hybridized carbons (Fsp3) is 0.278. The SMILES string of the molecule is CCC(C)NS(=O)(=O)c1ccc(F)c(C(=O)Nc2ccc(C)c(F)c2)c1. The Balaban J connectivity index is 2.31. The van der Waals surface area contributed by atoms with E-state index in [4.69, 9.17) is 0 Å². The Morgan fingerprint density at radius 2 is 1.81 bits per heavy atom. The molecular weight excluding hydrogens is 362 g/mol. The molecule has 0 fully saturated rings. The number of benzene rings is 2. The van der Waals surface area contributed by atoms with Gasteiger partial charge in [-0.05, 0) is 56.2 Å². The van der Waals surface area contributed by atoms with Gasteiger partial charge in [0.1, 0.15) is 11.6 Å². The predicted molar refractivity (Wildman–Crippen MR) is 95.6 cm³/mol. The third kappa shape index (κ3) is 4.64. The van der Waals surface area contributed by atoms with Gasteiger partial charge in [-0.3, -0.25) is 4.79 Å². The molecule has 2 N–H and O–H groups in total. The van der Waals surface area contributed by atoms with Crippen molar-refractivity contribution < 1.29 is 22.0 Å². The van der Waals surface area contributed by atoms with Crippen LogP contribution in [-0.4, -0.2) is 20.4 Å². The van der Waals surface area contributed by atoms with Crippen LogP contribution in [0.2, 0.25) is 0 Å². The first-order chi connectivity index (χ1) is 12.1. The van der Waals surface area contributed by atoms with E-state index in [0.717, 1.165) is 24.3 Å². The van der Waals surface area contributed by atoms with Gasteiger partial charge in [-0.2, -0.15) is 0 Å². The molecule has 1 amide bonds. The Hall–Kier alpha value is -2.32. The standard InChI is InChI=1S/C18H20F2N2O3S/c1-4-12(3)22-26(24,25)14-7-8-16(19)15(10-14)18(23)21-13-6-5-11(2)17(20)9-13/h5-10,12,22H,4H2,1-3H3,(H,21,23). The Morgan fingerprint density at radius 3 is 2.42 bits per heavy atom. The summed E-state index contributed by atoms with van der Waals surface area (Å²) in [5, 5.41) is 2.36. The minimum Gasteiger partial charge on any atom is -0.322 e. The summed E-state index contributed by atoms with van der Waals surface area (Å²) in [6.07, 6.45) is 0.576. The second-order valence-electron chi connectivity index (χ2n) is 5.99. The summed E-state index contributed by atoms with van der Waals surface area (Å²) >= 11 is 0. The van der Waals surface area contributed by atoms with Crippen molar-refractivity contribution in [2.75, 3.05) is 5.32 Å². The molecule has 1 unspecified atom stereocenters. The molecule has 0 bridgehead atoms. The van der Waals surface area contributed by atoms with Crippen LogP contribution in [0.4, 0.5) is 14.5 Å². The second-order valence-corrected chi connectivity index (χ2v) is 7.70. The van der Waals surface area contributed by atoms with Gasteiger partial charge in [-0.1, -0.05) is 13.0 Å². The minimum absolute atomic E-state index is 0.142. The first-order valence-corrected chi connectivity index (χ1v) is 9.51. The largest absolute Gasteiger partial charge is 0.322 e. The Morgan fingerprint density at radius 1 is 1.12 bits per heavy atom. The number of aryl methyl sites for hydroxylation is 1. The quantitative estimate of drug-likeness (QED) is 0.802. The van der Waals surface area contributed by atoms with Crippen LogP contribution in [0, 0.1) is 18.6 Å². The average Bonchev–Trinajstić information content (AvgIpc) is 2.57. The molecule has 0 aliphatic heterocycles. The van der Waals surface area contributed by atoms with Crippen molar-refractivity contribution in [2.24, 2.45) is 0 Å². The fourth-order valence-corrected chi connectivity index (χ4v) is 3.48. The Bertz CT molecular complexity index is 930. The summed E-state index contributed by atoms with van der Waals surface area (Å²) in [7, 11) is -3.89. The van der Waals surface area contributed by atoms with E-state index in [1.54, 1.807) is 13.8 Å². The van der Waals surface area contributed by atoms with Crippen LogP contribution in [0.15, 0.2) is 41.3 Å². The van der Waals surface area contributed by atoms with Crippen molar-refractivity contribution in [2.45, 2.75) is 38.1 Å². The van der Waals surface area contributed by atoms with Gasteiger partial charge in [0.05, 0.1) is 10.5 Å². The van der Waals surface area contributed by atoms with Crippen molar-refractivity contribution in [1.29, 1.82) is 0 Å². The summed E-state index contributed by atoms with van der Waals surface area (Å²) in [4.78, 5) is 12.1. The highest BCUT2D eigenvalue weighted by molar-refractivity contribution is 7.89. The lowest BCUT2D eigenvalue weighted by molar-refractivity contribution is 0.102. The molecular formula is C18H20F2N2O3S. The second kappa shape index (κ2) is 7.92. The van der Waals surface area contributed by atoms with Crippen LogP contribution in [0.25, 0.3) is 0 Å². The monoisotopic (exact) mass is 382 g/mol. The molecule has 0 aliphatic rings. The molecule has 5 nitrogen and oxygen atoms in total. The molecule has 8 heteroatoms. The number of hydrogen-bond acceptors (Lipinski definition) is 3. The molecule has 0 aliphatic carbocycles. The molecule has 0 heterocycles. The van der Waals surface area contributed by atoms with E-state index >= 15 is 0 Å². The molecule has 26 heavy (non-hydrogen) atoms. The zero-order valence-electron chi connectivity index (χ0n) is 14.6.